The number of sulfone groups is 1. The van der Waals surface area contributed by atoms with Crippen molar-refractivity contribution in [2.45, 2.75) is 38.8 Å². The van der Waals surface area contributed by atoms with Gasteiger partial charge in [0, 0.05) is 41.8 Å². The first-order valence-electron chi connectivity index (χ1n) is 11.4. The van der Waals surface area contributed by atoms with Crippen LogP contribution in [-0.4, -0.2) is 48.1 Å². The molecule has 2 N–H and O–H groups in total. The minimum Gasteiger partial charge on any atom is -0.493 e. The molecule has 4 rings (SSSR count). The monoisotopic (exact) mass is 540 g/mol. The van der Waals surface area contributed by atoms with Gasteiger partial charge in [-0.3, -0.25) is 9.79 Å². The van der Waals surface area contributed by atoms with Gasteiger partial charge in [-0.15, -0.1) is 0 Å². The van der Waals surface area contributed by atoms with Crippen molar-refractivity contribution in [3.05, 3.63) is 67.6 Å². The number of aromatic nitrogens is 3. The van der Waals surface area contributed by atoms with E-state index in [0.29, 0.717) is 22.5 Å². The molecule has 0 radical (unpaired) electrons. The minimum atomic E-state index is -3.55. The Morgan fingerprint density at radius 3 is 2.73 bits per heavy atom. The highest BCUT2D eigenvalue weighted by Gasteiger charge is 2.32. The van der Waals surface area contributed by atoms with Gasteiger partial charge in [0.2, 0.25) is 0 Å². The second kappa shape index (κ2) is 9.95. The first-order chi connectivity index (χ1) is 17.5. The lowest BCUT2D eigenvalue weighted by Crippen LogP contribution is -2.22. The lowest BCUT2D eigenvalue weighted by molar-refractivity contribution is 0.327. The summed E-state index contributed by atoms with van der Waals surface area (Å²) in [5.74, 6) is -0.144. The van der Waals surface area contributed by atoms with E-state index in [1.54, 1.807) is 22.9 Å². The van der Waals surface area contributed by atoms with E-state index >= 15 is 0 Å². The topological polar surface area (TPSA) is 153 Å². The number of benzene rings is 1. The fourth-order valence-electron chi connectivity index (χ4n) is 4.49. The van der Waals surface area contributed by atoms with Crippen molar-refractivity contribution >= 4 is 44.5 Å². The molecule has 0 amide bonds. The first-order valence-corrected chi connectivity index (χ1v) is 13.7. The summed E-state index contributed by atoms with van der Waals surface area (Å²) in [5, 5.41) is 10.4. The summed E-state index contributed by atoms with van der Waals surface area (Å²) in [7, 11) is -3.55. The Balaban J connectivity index is 2.03. The Bertz CT molecular complexity index is 1670. The average Bonchev–Trinajstić information content (AvgIpc) is 2.84. The Labute approximate surface area is 219 Å². The minimum absolute atomic E-state index is 0.0510. The standard InChI is InChI=1S/C25H25ClN6O4S/c1-5-36-23-17(14(3)32-7-6-20(33)22-24(28)30-12-31-25(22)32)9-19(26)18(10-27)21(23)16-8-15(37(4,34)35)11-29-13(16)2/h6-9,11-14,16H,5H2,1-4H3,(H2,28,30,31). The second-order valence-corrected chi connectivity index (χ2v) is 11.1. The number of pyridine rings is 1. The number of ether oxygens (including phenoxy) is 1. The summed E-state index contributed by atoms with van der Waals surface area (Å²) >= 11 is 6.64. The summed E-state index contributed by atoms with van der Waals surface area (Å²) in [5.41, 5.74) is 7.22. The van der Waals surface area contributed by atoms with Crippen LogP contribution >= 0.6 is 11.6 Å². The third kappa shape index (κ3) is 4.70. The quantitative estimate of drug-likeness (QED) is 0.499. The molecule has 3 heterocycles. The molecule has 37 heavy (non-hydrogen) atoms. The number of hydrogen-bond acceptors (Lipinski definition) is 9. The Kier molecular flexibility index (Phi) is 7.08. The van der Waals surface area contributed by atoms with Crippen LogP contribution in [0.25, 0.3) is 11.0 Å². The van der Waals surface area contributed by atoms with Crippen molar-refractivity contribution in [1.29, 1.82) is 5.26 Å². The van der Waals surface area contributed by atoms with Gasteiger partial charge >= 0.3 is 0 Å². The van der Waals surface area contributed by atoms with Crippen LogP contribution in [0.3, 0.4) is 0 Å². The van der Waals surface area contributed by atoms with Gasteiger partial charge in [0.15, 0.2) is 15.3 Å². The van der Waals surface area contributed by atoms with Gasteiger partial charge in [-0.1, -0.05) is 17.7 Å². The molecule has 1 aliphatic rings. The maximum Gasteiger partial charge on any atom is 0.194 e. The molecule has 0 spiro atoms. The molecule has 10 nitrogen and oxygen atoms in total. The van der Waals surface area contributed by atoms with Crippen LogP contribution in [0.2, 0.25) is 5.02 Å². The number of hydrogen-bond donors (Lipinski definition) is 1. The van der Waals surface area contributed by atoms with Crippen molar-refractivity contribution in [2.24, 2.45) is 4.99 Å². The van der Waals surface area contributed by atoms with Gasteiger partial charge in [0.05, 0.1) is 34.2 Å². The van der Waals surface area contributed by atoms with Crippen LogP contribution in [0.5, 0.6) is 5.75 Å². The first kappa shape index (κ1) is 26.3. The molecule has 1 aliphatic heterocycles. The number of anilines is 1. The zero-order chi connectivity index (χ0) is 27.1. The summed E-state index contributed by atoms with van der Waals surface area (Å²) in [4.78, 5) is 25.2. The zero-order valence-electron chi connectivity index (χ0n) is 20.6. The molecule has 3 unspecified atom stereocenters. The molecule has 0 fully saturated rings. The lowest BCUT2D eigenvalue weighted by atomic mass is 9.84. The highest BCUT2D eigenvalue weighted by molar-refractivity contribution is 7.95. The van der Waals surface area contributed by atoms with Crippen molar-refractivity contribution in [3.8, 4) is 11.8 Å². The Hall–Kier alpha value is -3.75. The summed E-state index contributed by atoms with van der Waals surface area (Å²) < 4.78 is 32.5. The predicted molar refractivity (Wildman–Crippen MR) is 143 cm³/mol. The van der Waals surface area contributed by atoms with Crippen molar-refractivity contribution in [3.63, 3.8) is 0 Å². The number of aliphatic imine (C=N–C) groups is 1. The fraction of sp³-hybridized carbons (Fsp3) is 0.320. The number of allylic oxidation sites excluding steroid dienone is 1. The summed E-state index contributed by atoms with van der Waals surface area (Å²) in [6.45, 7) is 5.77. The molecular formula is C25H25ClN6O4S. The molecular weight excluding hydrogens is 516 g/mol. The largest absolute Gasteiger partial charge is 0.493 e. The van der Waals surface area contributed by atoms with Crippen LogP contribution in [0.15, 0.2) is 45.4 Å². The highest BCUT2D eigenvalue weighted by Crippen LogP contribution is 2.44. The number of nitrogen functional groups attached to an aromatic ring is 1. The number of nitrogens with zero attached hydrogens (tertiary/aromatic N) is 5. The van der Waals surface area contributed by atoms with Gasteiger partial charge in [0.1, 0.15) is 35.0 Å². The molecule has 0 bridgehead atoms. The van der Waals surface area contributed by atoms with E-state index in [-0.39, 0.29) is 44.8 Å². The highest BCUT2D eigenvalue weighted by atomic mass is 35.5. The average molecular weight is 541 g/mol. The van der Waals surface area contributed by atoms with E-state index in [0.717, 1.165) is 6.26 Å². The molecule has 0 saturated carbocycles. The van der Waals surface area contributed by atoms with E-state index in [1.807, 2.05) is 20.8 Å². The molecule has 12 heteroatoms. The van der Waals surface area contributed by atoms with Crippen molar-refractivity contribution in [2.75, 3.05) is 18.6 Å². The van der Waals surface area contributed by atoms with Gasteiger partial charge in [-0.05, 0) is 26.8 Å². The lowest BCUT2D eigenvalue weighted by Gasteiger charge is -2.29. The molecule has 1 aromatic carbocycles. The number of fused-ring (bicyclic) bond motifs is 1. The number of rotatable bonds is 6. The Morgan fingerprint density at radius 2 is 2.08 bits per heavy atom. The number of nitrogens with two attached hydrogens (primary N) is 1. The second-order valence-electron chi connectivity index (χ2n) is 8.72. The van der Waals surface area contributed by atoms with Crippen LogP contribution in [0.4, 0.5) is 5.82 Å². The van der Waals surface area contributed by atoms with Crippen LogP contribution in [0, 0.1) is 11.3 Å². The maximum atomic E-state index is 12.5. The third-order valence-electron chi connectivity index (χ3n) is 6.36. The molecule has 0 aliphatic carbocycles. The van der Waals surface area contributed by atoms with E-state index in [9.17, 15) is 18.5 Å². The van der Waals surface area contributed by atoms with Crippen molar-refractivity contribution in [1.82, 2.24) is 14.5 Å². The number of dihydropyridines is 1. The fourth-order valence-corrected chi connectivity index (χ4v) is 5.40. The molecule has 192 valence electrons. The summed E-state index contributed by atoms with van der Waals surface area (Å²) in [6.07, 6.45) is 6.89. The zero-order valence-corrected chi connectivity index (χ0v) is 22.2. The van der Waals surface area contributed by atoms with E-state index in [2.05, 4.69) is 21.0 Å². The molecule has 3 aromatic rings. The third-order valence-corrected chi connectivity index (χ3v) is 7.76. The molecule has 0 saturated heterocycles. The van der Waals surface area contributed by atoms with Gasteiger partial charge in [-0.25, -0.2) is 18.4 Å². The number of nitriles is 1. The van der Waals surface area contributed by atoms with Gasteiger partial charge < -0.3 is 15.0 Å². The SMILES string of the molecule is CCOc1c(C(C)n2ccc(=O)c3c(N)ncnc32)cc(Cl)c(C#N)c1C1C=C(S(C)(=O)=O)C=NC1C. The Morgan fingerprint density at radius 1 is 1.35 bits per heavy atom. The smallest absolute Gasteiger partial charge is 0.194 e. The van der Waals surface area contributed by atoms with Gasteiger partial charge in [0.25, 0.3) is 0 Å². The molecule has 2 aromatic heterocycles. The van der Waals surface area contributed by atoms with Crippen LogP contribution < -0.4 is 15.9 Å². The van der Waals surface area contributed by atoms with E-state index < -0.39 is 21.8 Å². The van der Waals surface area contributed by atoms with Crippen LogP contribution in [0.1, 0.15) is 49.4 Å². The van der Waals surface area contributed by atoms with Crippen LogP contribution in [-0.2, 0) is 9.84 Å². The normalized spacial score (nSPS) is 18.3. The van der Waals surface area contributed by atoms with Gasteiger partial charge in [-0.2, -0.15) is 5.26 Å². The van der Waals surface area contributed by atoms with Crippen molar-refractivity contribution < 1.29 is 13.2 Å². The maximum absolute atomic E-state index is 12.5. The summed E-state index contributed by atoms with van der Waals surface area (Å²) in [6, 6.07) is 4.31. The number of halogens is 1. The molecule has 3 atom stereocenters. The van der Waals surface area contributed by atoms with E-state index in [4.69, 9.17) is 22.1 Å². The van der Waals surface area contributed by atoms with E-state index in [1.165, 1.54) is 18.6 Å². The predicted octanol–water partition coefficient (Wildman–Crippen LogP) is 3.39.